The van der Waals surface area contributed by atoms with Gasteiger partial charge in [-0.15, -0.1) is 0 Å². The van der Waals surface area contributed by atoms with Gasteiger partial charge in [-0.2, -0.15) is 0 Å². The van der Waals surface area contributed by atoms with E-state index in [0.717, 1.165) is 22.4 Å². The monoisotopic (exact) mass is 450 g/mol. The SMILES string of the molecule is CCC(=O)N(Cc1ccc(Cl)cc1)[C@@H](C(=O)NCc1ccc(OC)cc1)c1ccccc1. The van der Waals surface area contributed by atoms with Gasteiger partial charge in [-0.1, -0.05) is 73.1 Å². The van der Waals surface area contributed by atoms with Crippen molar-refractivity contribution < 1.29 is 14.3 Å². The van der Waals surface area contributed by atoms with Crippen LogP contribution < -0.4 is 10.1 Å². The number of halogens is 1. The van der Waals surface area contributed by atoms with Crippen LogP contribution in [0.1, 0.15) is 36.1 Å². The van der Waals surface area contributed by atoms with E-state index >= 15 is 0 Å². The first-order valence-corrected chi connectivity index (χ1v) is 10.9. The van der Waals surface area contributed by atoms with Crippen molar-refractivity contribution in [2.75, 3.05) is 7.11 Å². The third kappa shape index (κ3) is 6.11. The molecule has 0 unspecified atom stereocenters. The standard InChI is InChI=1S/C26H27ClN2O3/c1-3-24(30)29(18-20-9-13-22(27)14-10-20)25(21-7-5-4-6-8-21)26(31)28-17-19-11-15-23(32-2)16-12-19/h4-16,25H,3,17-18H2,1-2H3,(H,28,31)/t25-/m1/s1. The summed E-state index contributed by atoms with van der Waals surface area (Å²) in [5, 5.41) is 3.62. The molecule has 3 aromatic rings. The second-order valence-electron chi connectivity index (χ2n) is 7.38. The van der Waals surface area contributed by atoms with Gasteiger partial charge in [0.25, 0.3) is 0 Å². The Hall–Kier alpha value is -3.31. The van der Waals surface area contributed by atoms with Crippen LogP contribution in [0.2, 0.25) is 5.02 Å². The summed E-state index contributed by atoms with van der Waals surface area (Å²) in [7, 11) is 1.61. The Morgan fingerprint density at radius 3 is 2.16 bits per heavy atom. The van der Waals surface area contributed by atoms with Crippen molar-refractivity contribution in [3.63, 3.8) is 0 Å². The minimum absolute atomic E-state index is 0.103. The summed E-state index contributed by atoms with van der Waals surface area (Å²) < 4.78 is 5.19. The van der Waals surface area contributed by atoms with Crippen molar-refractivity contribution in [2.24, 2.45) is 0 Å². The molecule has 166 valence electrons. The molecule has 2 amide bonds. The number of ether oxygens (including phenoxy) is 1. The predicted molar refractivity (Wildman–Crippen MR) is 126 cm³/mol. The molecule has 3 rings (SSSR count). The number of nitrogens with one attached hydrogen (secondary N) is 1. The van der Waals surface area contributed by atoms with Gasteiger partial charge in [0.1, 0.15) is 11.8 Å². The van der Waals surface area contributed by atoms with Gasteiger partial charge in [0.05, 0.1) is 7.11 Å². The number of hydrogen-bond donors (Lipinski definition) is 1. The van der Waals surface area contributed by atoms with E-state index in [1.54, 1.807) is 31.1 Å². The lowest BCUT2D eigenvalue weighted by Crippen LogP contribution is -2.43. The summed E-state index contributed by atoms with van der Waals surface area (Å²) in [6.45, 7) is 2.45. The molecule has 0 aromatic heterocycles. The van der Waals surface area contributed by atoms with Crippen molar-refractivity contribution in [2.45, 2.75) is 32.5 Å². The molecular weight excluding hydrogens is 424 g/mol. The van der Waals surface area contributed by atoms with Gasteiger partial charge in [0.2, 0.25) is 11.8 Å². The number of carbonyl (C=O) groups excluding carboxylic acids is 2. The number of nitrogens with zero attached hydrogens (tertiary/aromatic N) is 1. The van der Waals surface area contributed by atoms with Gasteiger partial charge >= 0.3 is 0 Å². The summed E-state index contributed by atoms with van der Waals surface area (Å²) in [5.74, 6) is 0.418. The number of rotatable bonds is 9. The van der Waals surface area contributed by atoms with Crippen LogP contribution in [-0.4, -0.2) is 23.8 Å². The Kier molecular flexibility index (Phi) is 8.28. The van der Waals surface area contributed by atoms with Gasteiger partial charge in [-0.05, 0) is 41.0 Å². The maximum absolute atomic E-state index is 13.4. The average Bonchev–Trinajstić information content (AvgIpc) is 2.84. The first-order valence-electron chi connectivity index (χ1n) is 10.5. The predicted octanol–water partition coefficient (Wildman–Crippen LogP) is 5.14. The van der Waals surface area contributed by atoms with E-state index in [0.29, 0.717) is 24.5 Å². The first-order chi connectivity index (χ1) is 15.5. The molecule has 0 saturated heterocycles. The van der Waals surface area contributed by atoms with Gasteiger partial charge in [-0.25, -0.2) is 0 Å². The quantitative estimate of drug-likeness (QED) is 0.490. The molecule has 5 nitrogen and oxygen atoms in total. The van der Waals surface area contributed by atoms with Crippen LogP contribution >= 0.6 is 11.6 Å². The molecule has 1 atom stereocenters. The minimum atomic E-state index is -0.752. The molecule has 0 bridgehead atoms. The third-order valence-electron chi connectivity index (χ3n) is 5.19. The van der Waals surface area contributed by atoms with Crippen LogP contribution in [0.4, 0.5) is 0 Å². The molecule has 1 N–H and O–H groups in total. The van der Waals surface area contributed by atoms with Crippen molar-refractivity contribution >= 4 is 23.4 Å². The van der Waals surface area contributed by atoms with Crippen molar-refractivity contribution in [1.82, 2.24) is 10.2 Å². The van der Waals surface area contributed by atoms with Crippen LogP contribution in [0.5, 0.6) is 5.75 Å². The molecular formula is C26H27ClN2O3. The Bertz CT molecular complexity index is 1020. The van der Waals surface area contributed by atoms with E-state index < -0.39 is 6.04 Å². The van der Waals surface area contributed by atoms with Crippen LogP contribution in [0, 0.1) is 0 Å². The zero-order valence-electron chi connectivity index (χ0n) is 18.3. The fraction of sp³-hybridized carbons (Fsp3) is 0.231. The van der Waals surface area contributed by atoms with Gasteiger partial charge in [0, 0.05) is 24.5 Å². The Morgan fingerprint density at radius 1 is 0.938 bits per heavy atom. The molecule has 0 aliphatic carbocycles. The third-order valence-corrected chi connectivity index (χ3v) is 5.44. The van der Waals surface area contributed by atoms with Crippen LogP contribution in [0.15, 0.2) is 78.9 Å². The largest absolute Gasteiger partial charge is 0.497 e. The smallest absolute Gasteiger partial charge is 0.247 e. The summed E-state index contributed by atoms with van der Waals surface area (Å²) in [6, 6.07) is 23.4. The number of hydrogen-bond acceptors (Lipinski definition) is 3. The fourth-order valence-electron chi connectivity index (χ4n) is 3.45. The molecule has 0 aliphatic rings. The first kappa shape index (κ1) is 23.4. The fourth-order valence-corrected chi connectivity index (χ4v) is 3.58. The highest BCUT2D eigenvalue weighted by Crippen LogP contribution is 2.25. The number of methoxy groups -OCH3 is 1. The highest BCUT2D eigenvalue weighted by atomic mass is 35.5. The van der Waals surface area contributed by atoms with Crippen LogP contribution in [0.3, 0.4) is 0 Å². The summed E-state index contributed by atoms with van der Waals surface area (Å²) in [6.07, 6.45) is 0.294. The maximum Gasteiger partial charge on any atom is 0.247 e. The average molecular weight is 451 g/mol. The second kappa shape index (κ2) is 11.3. The second-order valence-corrected chi connectivity index (χ2v) is 7.82. The van der Waals surface area contributed by atoms with E-state index in [1.165, 1.54) is 0 Å². The normalized spacial score (nSPS) is 11.5. The van der Waals surface area contributed by atoms with Gasteiger partial charge < -0.3 is 15.0 Å². The minimum Gasteiger partial charge on any atom is -0.497 e. The topological polar surface area (TPSA) is 58.6 Å². The van der Waals surface area contributed by atoms with E-state index in [9.17, 15) is 9.59 Å². The number of benzene rings is 3. The lowest BCUT2D eigenvalue weighted by molar-refractivity contribution is -0.141. The van der Waals surface area contributed by atoms with Crippen molar-refractivity contribution in [3.8, 4) is 5.75 Å². The summed E-state index contributed by atoms with van der Waals surface area (Å²) in [5.41, 5.74) is 2.60. The molecule has 0 heterocycles. The molecule has 32 heavy (non-hydrogen) atoms. The molecule has 0 saturated carbocycles. The molecule has 3 aromatic carbocycles. The van der Waals surface area contributed by atoms with Gasteiger partial charge in [-0.3, -0.25) is 9.59 Å². The van der Waals surface area contributed by atoms with Crippen molar-refractivity contribution in [1.29, 1.82) is 0 Å². The summed E-state index contributed by atoms with van der Waals surface area (Å²) >= 11 is 6.01. The number of carbonyl (C=O) groups is 2. The number of amides is 2. The van der Waals surface area contributed by atoms with E-state index in [4.69, 9.17) is 16.3 Å². The Morgan fingerprint density at radius 2 is 1.56 bits per heavy atom. The van der Waals surface area contributed by atoms with Crippen LogP contribution in [0.25, 0.3) is 0 Å². The molecule has 6 heteroatoms. The molecule has 0 radical (unpaired) electrons. The lowest BCUT2D eigenvalue weighted by atomic mass is 10.0. The Balaban J connectivity index is 1.86. The van der Waals surface area contributed by atoms with Crippen molar-refractivity contribution in [3.05, 3.63) is 101 Å². The highest BCUT2D eigenvalue weighted by molar-refractivity contribution is 6.30. The van der Waals surface area contributed by atoms with Crippen LogP contribution in [-0.2, 0) is 22.7 Å². The van der Waals surface area contributed by atoms with Gasteiger partial charge in [0.15, 0.2) is 0 Å². The zero-order valence-corrected chi connectivity index (χ0v) is 19.0. The zero-order chi connectivity index (χ0) is 22.9. The Labute approximate surface area is 194 Å². The molecule has 0 fully saturated rings. The van der Waals surface area contributed by atoms with E-state index in [2.05, 4.69) is 5.32 Å². The summed E-state index contributed by atoms with van der Waals surface area (Å²) in [4.78, 5) is 28.0. The maximum atomic E-state index is 13.4. The van der Waals surface area contributed by atoms with E-state index in [-0.39, 0.29) is 11.8 Å². The molecule has 0 aliphatic heterocycles. The highest BCUT2D eigenvalue weighted by Gasteiger charge is 2.30. The lowest BCUT2D eigenvalue weighted by Gasteiger charge is -2.31. The molecule has 0 spiro atoms. The van der Waals surface area contributed by atoms with E-state index in [1.807, 2.05) is 66.7 Å².